The Morgan fingerprint density at radius 1 is 1.06 bits per heavy atom. The zero-order chi connectivity index (χ0) is 12.4. The van der Waals surface area contributed by atoms with Crippen molar-refractivity contribution in [1.29, 1.82) is 0 Å². The molecule has 0 spiro atoms. The Hall–Kier alpha value is -0.860. The van der Waals surface area contributed by atoms with Crippen LogP contribution in [0.2, 0.25) is 0 Å². The van der Waals surface area contributed by atoms with Gasteiger partial charge in [-0.15, -0.1) is 0 Å². The molecule has 1 aromatic carbocycles. The summed E-state index contributed by atoms with van der Waals surface area (Å²) in [6, 6.07) is 5.15. The molecule has 0 aliphatic carbocycles. The molecule has 1 aliphatic rings. The Morgan fingerprint density at radius 2 is 1.59 bits per heavy atom. The van der Waals surface area contributed by atoms with Gasteiger partial charge in [-0.1, -0.05) is 17.7 Å². The van der Waals surface area contributed by atoms with Crippen LogP contribution in [0.25, 0.3) is 0 Å². The minimum Gasteiger partial charge on any atom is -0.314 e. The molecular formula is C15H24N2. The molecule has 1 N–H and O–H groups in total. The predicted molar refractivity (Wildman–Crippen MR) is 73.5 cm³/mol. The third-order valence-electron chi connectivity index (χ3n) is 3.86. The molecular weight excluding hydrogens is 208 g/mol. The summed E-state index contributed by atoms with van der Waals surface area (Å²) in [5.41, 5.74) is 5.77. The van der Waals surface area contributed by atoms with Gasteiger partial charge in [0.05, 0.1) is 0 Å². The first-order chi connectivity index (χ1) is 8.09. The summed E-state index contributed by atoms with van der Waals surface area (Å²) in [6.45, 7) is 13.6. The second kappa shape index (κ2) is 5.19. The van der Waals surface area contributed by atoms with Crippen LogP contribution in [0.4, 0.5) is 0 Å². The van der Waals surface area contributed by atoms with E-state index in [0.717, 1.165) is 26.2 Å². The maximum absolute atomic E-state index is 3.42. The summed E-state index contributed by atoms with van der Waals surface area (Å²) in [6.07, 6.45) is 0. The van der Waals surface area contributed by atoms with Crippen LogP contribution < -0.4 is 5.32 Å². The Bertz CT molecular complexity index is 369. The average molecular weight is 232 g/mol. The first kappa shape index (κ1) is 12.6. The summed E-state index contributed by atoms with van der Waals surface area (Å²) in [5.74, 6) is 0. The van der Waals surface area contributed by atoms with Gasteiger partial charge in [0.25, 0.3) is 0 Å². The number of rotatable bonds is 2. The van der Waals surface area contributed by atoms with Gasteiger partial charge >= 0.3 is 0 Å². The van der Waals surface area contributed by atoms with Gasteiger partial charge in [0.15, 0.2) is 0 Å². The lowest BCUT2D eigenvalue weighted by Gasteiger charge is -2.34. The van der Waals surface area contributed by atoms with Crippen molar-refractivity contribution in [3.63, 3.8) is 0 Å². The minimum absolute atomic E-state index is 0.540. The summed E-state index contributed by atoms with van der Waals surface area (Å²) in [7, 11) is 0. The van der Waals surface area contributed by atoms with Crippen molar-refractivity contribution >= 4 is 0 Å². The predicted octanol–water partition coefficient (Wildman–Crippen LogP) is 2.58. The van der Waals surface area contributed by atoms with E-state index in [-0.39, 0.29) is 0 Å². The first-order valence-corrected chi connectivity index (χ1v) is 6.62. The highest BCUT2D eigenvalue weighted by Gasteiger charge is 2.20. The van der Waals surface area contributed by atoms with Crippen LogP contribution in [0.3, 0.4) is 0 Å². The lowest BCUT2D eigenvalue weighted by atomic mass is 9.94. The van der Waals surface area contributed by atoms with Gasteiger partial charge in [-0.25, -0.2) is 0 Å². The topological polar surface area (TPSA) is 15.3 Å². The van der Waals surface area contributed by atoms with Crippen LogP contribution in [0, 0.1) is 20.8 Å². The molecule has 1 aliphatic heterocycles. The van der Waals surface area contributed by atoms with Crippen LogP contribution in [-0.2, 0) is 0 Å². The van der Waals surface area contributed by atoms with E-state index in [1.165, 1.54) is 22.3 Å². The van der Waals surface area contributed by atoms with E-state index in [4.69, 9.17) is 0 Å². The summed E-state index contributed by atoms with van der Waals surface area (Å²) >= 11 is 0. The molecule has 17 heavy (non-hydrogen) atoms. The normalized spacial score (nSPS) is 19.3. The summed E-state index contributed by atoms with van der Waals surface area (Å²) in [5, 5.41) is 3.42. The van der Waals surface area contributed by atoms with E-state index < -0.39 is 0 Å². The van der Waals surface area contributed by atoms with Crippen molar-refractivity contribution in [3.05, 3.63) is 34.4 Å². The molecule has 1 saturated heterocycles. The highest BCUT2D eigenvalue weighted by atomic mass is 15.2. The van der Waals surface area contributed by atoms with E-state index in [1.807, 2.05) is 0 Å². The third kappa shape index (κ3) is 2.70. The summed E-state index contributed by atoms with van der Waals surface area (Å²) in [4.78, 5) is 2.58. The molecule has 2 nitrogen and oxygen atoms in total. The smallest absolute Gasteiger partial charge is 0.0326 e. The Labute approximate surface area is 105 Å². The molecule has 94 valence electrons. The zero-order valence-corrected chi connectivity index (χ0v) is 11.5. The molecule has 0 radical (unpaired) electrons. The zero-order valence-electron chi connectivity index (χ0n) is 11.5. The number of hydrogen-bond acceptors (Lipinski definition) is 2. The van der Waals surface area contributed by atoms with Crippen molar-refractivity contribution < 1.29 is 0 Å². The van der Waals surface area contributed by atoms with E-state index >= 15 is 0 Å². The number of aryl methyl sites for hydroxylation is 3. The molecule has 1 aromatic rings. The number of nitrogens with zero attached hydrogens (tertiary/aromatic N) is 1. The molecule has 0 saturated carbocycles. The minimum atomic E-state index is 0.540. The van der Waals surface area contributed by atoms with E-state index in [0.29, 0.717) is 6.04 Å². The van der Waals surface area contributed by atoms with Crippen LogP contribution >= 0.6 is 0 Å². The molecule has 0 aromatic heterocycles. The van der Waals surface area contributed by atoms with Crippen molar-refractivity contribution in [3.8, 4) is 0 Å². The van der Waals surface area contributed by atoms with E-state index in [9.17, 15) is 0 Å². The molecule has 2 heteroatoms. The van der Waals surface area contributed by atoms with Crippen LogP contribution in [0.1, 0.15) is 35.2 Å². The fourth-order valence-electron chi connectivity index (χ4n) is 3.10. The van der Waals surface area contributed by atoms with Crippen LogP contribution in [-0.4, -0.2) is 31.1 Å². The second-order valence-electron chi connectivity index (χ2n) is 5.27. The molecule has 1 unspecified atom stereocenters. The number of hydrogen-bond donors (Lipinski definition) is 1. The number of benzene rings is 1. The van der Waals surface area contributed by atoms with Gasteiger partial charge < -0.3 is 5.32 Å². The van der Waals surface area contributed by atoms with Gasteiger partial charge in [-0.2, -0.15) is 0 Å². The quantitative estimate of drug-likeness (QED) is 0.843. The standard InChI is InChI=1S/C15H24N2/c1-11-9-12(2)15(13(3)10-11)14(4)17-7-5-16-6-8-17/h9-10,14,16H,5-8H2,1-4H3. The average Bonchev–Trinajstić information content (AvgIpc) is 2.28. The Kier molecular flexibility index (Phi) is 3.85. The maximum Gasteiger partial charge on any atom is 0.0326 e. The van der Waals surface area contributed by atoms with Crippen molar-refractivity contribution in [2.24, 2.45) is 0 Å². The van der Waals surface area contributed by atoms with Gasteiger partial charge in [-0.05, 0) is 44.4 Å². The van der Waals surface area contributed by atoms with Crippen molar-refractivity contribution in [2.45, 2.75) is 33.7 Å². The van der Waals surface area contributed by atoms with Gasteiger partial charge in [-0.3, -0.25) is 4.90 Å². The van der Waals surface area contributed by atoms with E-state index in [2.05, 4.69) is 50.0 Å². The molecule has 1 atom stereocenters. The fourth-order valence-corrected chi connectivity index (χ4v) is 3.10. The molecule has 0 bridgehead atoms. The van der Waals surface area contributed by atoms with Crippen LogP contribution in [0.15, 0.2) is 12.1 Å². The first-order valence-electron chi connectivity index (χ1n) is 6.62. The van der Waals surface area contributed by atoms with Gasteiger partial charge in [0.2, 0.25) is 0 Å². The van der Waals surface area contributed by atoms with Gasteiger partial charge in [0, 0.05) is 32.2 Å². The highest BCUT2D eigenvalue weighted by Crippen LogP contribution is 2.27. The molecule has 0 amide bonds. The Balaban J connectivity index is 2.26. The van der Waals surface area contributed by atoms with Gasteiger partial charge in [0.1, 0.15) is 0 Å². The third-order valence-corrected chi connectivity index (χ3v) is 3.86. The number of piperazine rings is 1. The van der Waals surface area contributed by atoms with Crippen molar-refractivity contribution in [2.75, 3.05) is 26.2 Å². The summed E-state index contributed by atoms with van der Waals surface area (Å²) < 4.78 is 0. The molecule has 2 rings (SSSR count). The van der Waals surface area contributed by atoms with Crippen LogP contribution in [0.5, 0.6) is 0 Å². The lowest BCUT2D eigenvalue weighted by molar-refractivity contribution is 0.184. The Morgan fingerprint density at radius 3 is 2.12 bits per heavy atom. The molecule has 1 fully saturated rings. The molecule has 1 heterocycles. The maximum atomic E-state index is 3.42. The fraction of sp³-hybridized carbons (Fsp3) is 0.600. The lowest BCUT2D eigenvalue weighted by Crippen LogP contribution is -2.44. The largest absolute Gasteiger partial charge is 0.314 e. The highest BCUT2D eigenvalue weighted by molar-refractivity contribution is 5.39. The number of nitrogens with one attached hydrogen (secondary N) is 1. The SMILES string of the molecule is Cc1cc(C)c(C(C)N2CCNCC2)c(C)c1. The second-order valence-corrected chi connectivity index (χ2v) is 5.27. The van der Waals surface area contributed by atoms with E-state index in [1.54, 1.807) is 0 Å². The monoisotopic (exact) mass is 232 g/mol. The van der Waals surface area contributed by atoms with Crippen molar-refractivity contribution in [1.82, 2.24) is 10.2 Å².